The first-order valence-electron chi connectivity index (χ1n) is 13.2. The molecule has 0 saturated heterocycles. The molecule has 190 valence electrons. The van der Waals surface area contributed by atoms with Crippen LogP contribution in [0, 0.1) is 24.2 Å². The number of rotatable bonds is 7. The van der Waals surface area contributed by atoms with Crippen LogP contribution in [-0.2, 0) is 19.0 Å². The summed E-state index contributed by atoms with van der Waals surface area (Å²) in [6.07, 6.45) is 13.0. The van der Waals surface area contributed by atoms with Gasteiger partial charge in [-0.05, 0) is 80.5 Å². The van der Waals surface area contributed by atoms with Crippen LogP contribution in [0.25, 0.3) is 0 Å². The van der Waals surface area contributed by atoms with Gasteiger partial charge in [0.15, 0.2) is 0 Å². The highest BCUT2D eigenvalue weighted by molar-refractivity contribution is 6.32. The number of carbonyl (C=O) groups excluding carboxylic acids is 1. The van der Waals surface area contributed by atoms with E-state index in [2.05, 4.69) is 40.5 Å². The zero-order valence-electron chi connectivity index (χ0n) is 21.4. The van der Waals surface area contributed by atoms with E-state index >= 15 is 0 Å². The maximum absolute atomic E-state index is 13.7. The third-order valence-corrected chi connectivity index (χ3v) is 9.06. The first-order chi connectivity index (χ1) is 17.9. The maximum Gasteiger partial charge on any atom is 0.258 e. The van der Waals surface area contributed by atoms with E-state index in [-0.39, 0.29) is 23.3 Å². The van der Waals surface area contributed by atoms with Crippen molar-refractivity contribution in [2.75, 3.05) is 11.4 Å². The largest absolute Gasteiger partial charge is 0.320 e. The van der Waals surface area contributed by atoms with E-state index < -0.39 is 0 Å². The minimum Gasteiger partial charge on any atom is -0.320 e. The highest BCUT2D eigenvalue weighted by atomic mass is 35.5. The molecule has 1 atom stereocenters. The van der Waals surface area contributed by atoms with Gasteiger partial charge >= 0.3 is 0 Å². The summed E-state index contributed by atoms with van der Waals surface area (Å²) >= 11 is 6.75. The average molecular weight is 514 g/mol. The third kappa shape index (κ3) is 4.05. The van der Waals surface area contributed by atoms with E-state index in [0.29, 0.717) is 17.1 Å². The SMILES string of the molecule is C#CC1CC(c2cccc(N3Cc4c(Cl)cc([C@H](C)NCC5CCC5)cc4C3=O)c2)(c2nncn2C)C1. The molecule has 3 aromatic rings. The molecule has 2 aromatic carbocycles. The van der Waals surface area contributed by atoms with Crippen LogP contribution in [0.2, 0.25) is 5.02 Å². The van der Waals surface area contributed by atoms with Crippen molar-refractivity contribution in [3.05, 3.63) is 75.8 Å². The monoisotopic (exact) mass is 513 g/mol. The van der Waals surface area contributed by atoms with E-state index in [9.17, 15) is 4.79 Å². The van der Waals surface area contributed by atoms with Gasteiger partial charge in [-0.15, -0.1) is 22.5 Å². The van der Waals surface area contributed by atoms with Crippen LogP contribution in [0.1, 0.15) is 77.9 Å². The van der Waals surface area contributed by atoms with Crippen LogP contribution in [0.5, 0.6) is 0 Å². The lowest BCUT2D eigenvalue weighted by atomic mass is 9.58. The number of aryl methyl sites for hydroxylation is 1. The molecule has 0 spiro atoms. The van der Waals surface area contributed by atoms with Crippen LogP contribution in [0.15, 0.2) is 42.7 Å². The topological polar surface area (TPSA) is 63.1 Å². The molecule has 6 nitrogen and oxygen atoms in total. The van der Waals surface area contributed by atoms with Gasteiger partial charge in [0.1, 0.15) is 12.2 Å². The second-order valence-corrected chi connectivity index (χ2v) is 11.4. The molecule has 1 amide bonds. The summed E-state index contributed by atoms with van der Waals surface area (Å²) in [5.74, 6) is 4.77. The number of benzene rings is 2. The van der Waals surface area contributed by atoms with Gasteiger partial charge in [-0.2, -0.15) is 0 Å². The summed E-state index contributed by atoms with van der Waals surface area (Å²) in [5.41, 5.74) is 4.31. The Hall–Kier alpha value is -3.14. The van der Waals surface area contributed by atoms with E-state index in [4.69, 9.17) is 18.0 Å². The van der Waals surface area contributed by atoms with Crippen LogP contribution in [-0.4, -0.2) is 27.2 Å². The fourth-order valence-electron chi connectivity index (χ4n) is 6.14. The van der Waals surface area contributed by atoms with Gasteiger partial charge in [0, 0.05) is 40.8 Å². The number of fused-ring (bicyclic) bond motifs is 1. The number of aromatic nitrogens is 3. The molecule has 6 rings (SSSR count). The lowest BCUT2D eigenvalue weighted by molar-refractivity contribution is 0.0996. The summed E-state index contributed by atoms with van der Waals surface area (Å²) < 4.78 is 1.97. The van der Waals surface area contributed by atoms with Crippen molar-refractivity contribution >= 4 is 23.2 Å². The minimum atomic E-state index is -0.305. The Morgan fingerprint density at radius 1 is 1.27 bits per heavy atom. The summed E-state index contributed by atoms with van der Waals surface area (Å²) in [4.78, 5) is 15.5. The Labute approximate surface area is 223 Å². The van der Waals surface area contributed by atoms with Crippen molar-refractivity contribution in [1.29, 1.82) is 0 Å². The highest BCUT2D eigenvalue weighted by Gasteiger charge is 2.49. The Morgan fingerprint density at radius 3 is 2.76 bits per heavy atom. The summed E-state index contributed by atoms with van der Waals surface area (Å²) in [5, 5.41) is 12.9. The number of hydrogen-bond acceptors (Lipinski definition) is 4. The summed E-state index contributed by atoms with van der Waals surface area (Å²) in [6, 6.07) is 12.4. The number of amides is 1. The number of nitrogens with zero attached hydrogens (tertiary/aromatic N) is 4. The van der Waals surface area contributed by atoms with Gasteiger partial charge < -0.3 is 14.8 Å². The molecule has 7 heteroatoms. The van der Waals surface area contributed by atoms with Crippen molar-refractivity contribution in [3.63, 3.8) is 0 Å². The highest BCUT2D eigenvalue weighted by Crippen LogP contribution is 2.52. The van der Waals surface area contributed by atoms with Gasteiger partial charge in [0.2, 0.25) is 0 Å². The fraction of sp³-hybridized carbons (Fsp3) is 0.433. The first kappa shape index (κ1) is 24.2. The van der Waals surface area contributed by atoms with Crippen LogP contribution in [0.3, 0.4) is 0 Å². The molecule has 2 heterocycles. The third-order valence-electron chi connectivity index (χ3n) is 8.72. The molecular weight excluding hydrogens is 482 g/mol. The van der Waals surface area contributed by atoms with E-state index in [0.717, 1.165) is 53.5 Å². The Kier molecular flexibility index (Phi) is 6.09. The van der Waals surface area contributed by atoms with E-state index in [1.165, 1.54) is 19.3 Å². The van der Waals surface area contributed by atoms with Gasteiger partial charge in [-0.3, -0.25) is 4.79 Å². The van der Waals surface area contributed by atoms with Crippen LogP contribution < -0.4 is 10.2 Å². The molecular formula is C30H32ClN5O. The molecule has 1 aliphatic heterocycles. The Morgan fingerprint density at radius 2 is 2.08 bits per heavy atom. The van der Waals surface area contributed by atoms with Crippen LogP contribution >= 0.6 is 11.6 Å². The molecule has 0 bridgehead atoms. The summed E-state index contributed by atoms with van der Waals surface area (Å²) in [7, 11) is 1.96. The van der Waals surface area contributed by atoms with Gasteiger partial charge in [0.05, 0.1) is 12.0 Å². The summed E-state index contributed by atoms with van der Waals surface area (Å²) in [6.45, 7) is 3.62. The number of halogens is 1. The zero-order chi connectivity index (χ0) is 25.7. The smallest absolute Gasteiger partial charge is 0.258 e. The van der Waals surface area contributed by atoms with E-state index in [1.807, 2.05) is 40.8 Å². The Balaban J connectivity index is 1.28. The quantitative estimate of drug-likeness (QED) is 0.429. The number of carbonyl (C=O) groups is 1. The van der Waals surface area contributed by atoms with Gasteiger partial charge in [-0.25, -0.2) is 0 Å². The second kappa shape index (κ2) is 9.31. The van der Waals surface area contributed by atoms with Crippen molar-refractivity contribution in [2.45, 2.75) is 57.0 Å². The number of anilines is 1. The number of terminal acetylenes is 1. The lowest BCUT2D eigenvalue weighted by Crippen LogP contribution is -2.44. The predicted molar refractivity (Wildman–Crippen MR) is 146 cm³/mol. The fourth-order valence-corrected chi connectivity index (χ4v) is 6.42. The number of hydrogen-bond donors (Lipinski definition) is 1. The molecule has 37 heavy (non-hydrogen) atoms. The van der Waals surface area contributed by atoms with Crippen molar-refractivity contribution < 1.29 is 4.79 Å². The second-order valence-electron chi connectivity index (χ2n) is 11.0. The maximum atomic E-state index is 13.7. The zero-order valence-corrected chi connectivity index (χ0v) is 22.1. The molecule has 0 radical (unpaired) electrons. The van der Waals surface area contributed by atoms with Gasteiger partial charge in [-0.1, -0.05) is 30.2 Å². The molecule has 2 saturated carbocycles. The standard InChI is InChI=1S/C30H32ClN5O/c1-4-20-14-30(15-20,29-34-33-18-35(29)3)23-9-6-10-24(13-23)36-17-26-25(28(36)37)11-22(12-27(26)31)19(2)32-16-21-7-5-8-21/h1,6,9-13,18-21,32H,5,7-8,14-17H2,2-3H3/t19-,20?,30?/m0/s1. The van der Waals surface area contributed by atoms with Gasteiger partial charge in [0.25, 0.3) is 5.91 Å². The molecule has 0 unspecified atom stereocenters. The average Bonchev–Trinajstić information content (AvgIpc) is 3.42. The van der Waals surface area contributed by atoms with Crippen molar-refractivity contribution in [3.8, 4) is 12.3 Å². The molecule has 1 aromatic heterocycles. The first-order valence-corrected chi connectivity index (χ1v) is 13.6. The Bertz CT molecular complexity index is 1400. The lowest BCUT2D eigenvalue weighted by Gasteiger charge is -2.45. The van der Waals surface area contributed by atoms with Crippen molar-refractivity contribution in [1.82, 2.24) is 20.1 Å². The van der Waals surface area contributed by atoms with E-state index in [1.54, 1.807) is 6.33 Å². The predicted octanol–water partition coefficient (Wildman–Crippen LogP) is 5.41. The molecule has 2 fully saturated rings. The minimum absolute atomic E-state index is 0.00934. The van der Waals surface area contributed by atoms with Crippen molar-refractivity contribution in [2.24, 2.45) is 18.9 Å². The molecule has 3 aliphatic rings. The molecule has 1 N–H and O–H groups in total. The normalized spacial score (nSPS) is 23.8. The number of nitrogens with one attached hydrogen (secondary N) is 1. The van der Waals surface area contributed by atoms with Crippen LogP contribution in [0.4, 0.5) is 5.69 Å². The molecule has 2 aliphatic carbocycles.